The first-order chi connectivity index (χ1) is 9.25. The number of hydrogen-bond acceptors (Lipinski definition) is 6. The molecule has 0 N–H and O–H groups in total. The van der Waals surface area contributed by atoms with Gasteiger partial charge in [0.15, 0.2) is 25.8 Å². The molecule has 3 fully saturated rings. The summed E-state index contributed by atoms with van der Waals surface area (Å²) in [4.78, 5) is 23.1. The maximum atomic E-state index is 11.5. The zero-order chi connectivity index (χ0) is 13.2. The van der Waals surface area contributed by atoms with Gasteiger partial charge in [-0.3, -0.25) is 0 Å². The molecule has 19 heavy (non-hydrogen) atoms. The van der Waals surface area contributed by atoms with Crippen LogP contribution in [0.4, 0.5) is 0 Å². The lowest BCUT2D eigenvalue weighted by Gasteiger charge is -2.19. The Labute approximate surface area is 111 Å². The Morgan fingerprint density at radius 1 is 0.737 bits per heavy atom. The average molecular weight is 270 g/mol. The van der Waals surface area contributed by atoms with Crippen LogP contribution in [0.2, 0.25) is 0 Å². The standard InChI is InChI=1S/C13H18O6/c14-12-10(16-6-18-12)8-2-1-3-9(5-4-8)11-13(15)19-7-17-11/h8-11H,1-7H2/t8?,9?,10-,11-/m0/s1. The highest BCUT2D eigenvalue weighted by Crippen LogP contribution is 2.35. The second-order valence-electron chi connectivity index (χ2n) is 5.37. The number of rotatable bonds is 2. The Morgan fingerprint density at radius 2 is 1.21 bits per heavy atom. The molecule has 6 nitrogen and oxygen atoms in total. The Balaban J connectivity index is 1.59. The molecule has 4 atom stereocenters. The molecule has 1 aliphatic carbocycles. The fourth-order valence-electron chi connectivity index (χ4n) is 3.25. The summed E-state index contributed by atoms with van der Waals surface area (Å²) in [5.74, 6) is -0.116. The van der Waals surface area contributed by atoms with Gasteiger partial charge in [0, 0.05) is 0 Å². The van der Waals surface area contributed by atoms with E-state index < -0.39 is 12.2 Å². The predicted molar refractivity (Wildman–Crippen MR) is 61.7 cm³/mol. The van der Waals surface area contributed by atoms with Crippen molar-refractivity contribution in [3.8, 4) is 0 Å². The van der Waals surface area contributed by atoms with Crippen molar-refractivity contribution in [2.75, 3.05) is 13.6 Å². The minimum absolute atomic E-state index is 0.0709. The SMILES string of the molecule is O=C1OCO[C@H]1C1CCCC([C@@H]2OCOC2=O)CC1. The fourth-order valence-corrected chi connectivity index (χ4v) is 3.25. The molecule has 0 aromatic heterocycles. The van der Waals surface area contributed by atoms with Crippen molar-refractivity contribution in [3.63, 3.8) is 0 Å². The van der Waals surface area contributed by atoms with Crippen LogP contribution in [0, 0.1) is 11.8 Å². The van der Waals surface area contributed by atoms with Gasteiger partial charge in [0.25, 0.3) is 0 Å². The molecule has 0 spiro atoms. The highest BCUT2D eigenvalue weighted by atomic mass is 16.7. The van der Waals surface area contributed by atoms with Crippen molar-refractivity contribution >= 4 is 11.9 Å². The van der Waals surface area contributed by atoms with Gasteiger partial charge in [-0.05, 0) is 37.5 Å². The summed E-state index contributed by atoms with van der Waals surface area (Å²) in [7, 11) is 0. The summed E-state index contributed by atoms with van der Waals surface area (Å²) >= 11 is 0. The van der Waals surface area contributed by atoms with Crippen LogP contribution in [0.15, 0.2) is 0 Å². The average Bonchev–Trinajstić information content (AvgIpc) is 2.93. The lowest BCUT2D eigenvalue weighted by atomic mass is 9.91. The number of esters is 2. The molecule has 0 aromatic rings. The highest BCUT2D eigenvalue weighted by molar-refractivity contribution is 5.76. The maximum absolute atomic E-state index is 11.5. The first kappa shape index (κ1) is 12.9. The largest absolute Gasteiger partial charge is 0.437 e. The topological polar surface area (TPSA) is 71.1 Å². The summed E-state index contributed by atoms with van der Waals surface area (Å²) in [6, 6.07) is 0. The summed E-state index contributed by atoms with van der Waals surface area (Å²) < 4.78 is 20.4. The van der Waals surface area contributed by atoms with Crippen molar-refractivity contribution in [1.82, 2.24) is 0 Å². The summed E-state index contributed by atoms with van der Waals surface area (Å²) in [5, 5.41) is 0. The van der Waals surface area contributed by atoms with Crippen LogP contribution < -0.4 is 0 Å². The van der Waals surface area contributed by atoms with E-state index in [0.29, 0.717) is 0 Å². The van der Waals surface area contributed by atoms with E-state index in [-0.39, 0.29) is 37.4 Å². The highest BCUT2D eigenvalue weighted by Gasteiger charge is 2.40. The van der Waals surface area contributed by atoms with Crippen molar-refractivity contribution in [3.05, 3.63) is 0 Å². The van der Waals surface area contributed by atoms with Crippen molar-refractivity contribution < 1.29 is 28.5 Å². The molecule has 3 rings (SSSR count). The summed E-state index contributed by atoms with van der Waals surface area (Å²) in [6.07, 6.45) is 3.70. The number of ether oxygens (including phenoxy) is 4. The van der Waals surface area contributed by atoms with Gasteiger partial charge >= 0.3 is 11.9 Å². The third kappa shape index (κ3) is 2.60. The minimum atomic E-state index is -0.421. The van der Waals surface area contributed by atoms with Gasteiger partial charge in [-0.1, -0.05) is 6.42 Å². The molecule has 2 heterocycles. The summed E-state index contributed by atoms with van der Waals surface area (Å²) in [6.45, 7) is 0.142. The van der Waals surface area contributed by atoms with Gasteiger partial charge in [0.2, 0.25) is 0 Å². The van der Waals surface area contributed by atoms with Crippen LogP contribution >= 0.6 is 0 Å². The van der Waals surface area contributed by atoms with E-state index in [1.165, 1.54) is 0 Å². The molecular formula is C13H18O6. The van der Waals surface area contributed by atoms with E-state index in [1.807, 2.05) is 0 Å². The molecule has 0 amide bonds. The van der Waals surface area contributed by atoms with Gasteiger partial charge in [-0.25, -0.2) is 9.59 Å². The molecule has 106 valence electrons. The van der Waals surface area contributed by atoms with Crippen LogP contribution in [-0.4, -0.2) is 37.7 Å². The normalized spacial score (nSPS) is 39.8. The molecule has 2 aliphatic heterocycles. The zero-order valence-corrected chi connectivity index (χ0v) is 10.7. The lowest BCUT2D eigenvalue weighted by molar-refractivity contribution is -0.141. The maximum Gasteiger partial charge on any atom is 0.337 e. The Hall–Kier alpha value is -1.14. The second-order valence-corrected chi connectivity index (χ2v) is 5.37. The van der Waals surface area contributed by atoms with Crippen LogP contribution in [0.5, 0.6) is 0 Å². The Kier molecular flexibility index (Phi) is 3.70. The molecule has 2 saturated heterocycles. The number of carbonyl (C=O) groups is 2. The smallest absolute Gasteiger partial charge is 0.337 e. The Morgan fingerprint density at radius 3 is 1.58 bits per heavy atom. The van der Waals surface area contributed by atoms with Gasteiger partial charge in [-0.2, -0.15) is 0 Å². The van der Waals surface area contributed by atoms with E-state index in [9.17, 15) is 9.59 Å². The molecular weight excluding hydrogens is 252 g/mol. The van der Waals surface area contributed by atoms with E-state index >= 15 is 0 Å². The van der Waals surface area contributed by atoms with Gasteiger partial charge < -0.3 is 18.9 Å². The molecule has 0 aromatic carbocycles. The van der Waals surface area contributed by atoms with E-state index in [2.05, 4.69) is 0 Å². The number of hydrogen-bond donors (Lipinski definition) is 0. The molecule has 0 bridgehead atoms. The third-order valence-electron chi connectivity index (χ3n) is 4.28. The lowest BCUT2D eigenvalue weighted by Crippen LogP contribution is -2.28. The molecule has 6 heteroatoms. The Bertz CT molecular complexity index is 334. The van der Waals surface area contributed by atoms with Crippen molar-refractivity contribution in [1.29, 1.82) is 0 Å². The second kappa shape index (κ2) is 5.46. The van der Waals surface area contributed by atoms with Crippen LogP contribution in [0.3, 0.4) is 0 Å². The first-order valence-corrected chi connectivity index (χ1v) is 6.82. The van der Waals surface area contributed by atoms with Crippen molar-refractivity contribution in [2.24, 2.45) is 11.8 Å². The van der Waals surface area contributed by atoms with E-state index in [1.54, 1.807) is 0 Å². The van der Waals surface area contributed by atoms with Crippen LogP contribution in [0.1, 0.15) is 32.1 Å². The number of carbonyl (C=O) groups excluding carboxylic acids is 2. The number of cyclic esters (lactones) is 2. The third-order valence-corrected chi connectivity index (χ3v) is 4.28. The molecule has 2 unspecified atom stereocenters. The fraction of sp³-hybridized carbons (Fsp3) is 0.846. The van der Waals surface area contributed by atoms with E-state index in [0.717, 1.165) is 32.1 Å². The molecule has 3 aliphatic rings. The predicted octanol–water partition coefficient (Wildman–Crippen LogP) is 0.982. The first-order valence-electron chi connectivity index (χ1n) is 6.82. The van der Waals surface area contributed by atoms with Crippen molar-refractivity contribution in [2.45, 2.75) is 44.3 Å². The zero-order valence-electron chi connectivity index (χ0n) is 10.7. The monoisotopic (exact) mass is 270 g/mol. The summed E-state index contributed by atoms with van der Waals surface area (Å²) in [5.41, 5.74) is 0. The quantitative estimate of drug-likeness (QED) is 0.550. The van der Waals surface area contributed by atoms with Gasteiger partial charge in [0.05, 0.1) is 0 Å². The van der Waals surface area contributed by atoms with Gasteiger partial charge in [0.1, 0.15) is 0 Å². The molecule has 1 saturated carbocycles. The molecule has 0 radical (unpaired) electrons. The van der Waals surface area contributed by atoms with Gasteiger partial charge in [-0.15, -0.1) is 0 Å². The van der Waals surface area contributed by atoms with Crippen LogP contribution in [0.25, 0.3) is 0 Å². The minimum Gasteiger partial charge on any atom is -0.437 e. The van der Waals surface area contributed by atoms with Crippen LogP contribution in [-0.2, 0) is 28.5 Å². The van der Waals surface area contributed by atoms with E-state index in [4.69, 9.17) is 18.9 Å².